The van der Waals surface area contributed by atoms with Crippen LogP contribution in [0, 0.1) is 16.7 Å². The average molecular weight is 365 g/mol. The number of allylic oxidation sites excluding steroid dienone is 1. The molecular formula is C22H23NO4. The van der Waals surface area contributed by atoms with Crippen LogP contribution in [-0.4, -0.2) is 20.2 Å². The predicted molar refractivity (Wildman–Crippen MR) is 105 cm³/mol. The molecule has 0 aromatic heterocycles. The van der Waals surface area contributed by atoms with Gasteiger partial charge in [-0.25, -0.2) is 0 Å². The molecule has 0 saturated carbocycles. The molecule has 27 heavy (non-hydrogen) atoms. The van der Waals surface area contributed by atoms with Crippen LogP contribution in [0.3, 0.4) is 0 Å². The molecule has 140 valence electrons. The van der Waals surface area contributed by atoms with Crippen molar-refractivity contribution in [1.82, 2.24) is 0 Å². The van der Waals surface area contributed by atoms with Gasteiger partial charge >= 0.3 is 5.97 Å². The van der Waals surface area contributed by atoms with Gasteiger partial charge in [0.2, 0.25) is 0 Å². The molecule has 0 saturated heterocycles. The van der Waals surface area contributed by atoms with Crippen molar-refractivity contribution in [2.45, 2.75) is 20.8 Å². The largest absolute Gasteiger partial charge is 0.497 e. The van der Waals surface area contributed by atoms with Crippen LogP contribution in [0.25, 0.3) is 11.6 Å². The van der Waals surface area contributed by atoms with E-state index in [-0.39, 0.29) is 5.97 Å². The summed E-state index contributed by atoms with van der Waals surface area (Å²) < 4.78 is 15.9. The molecule has 2 aromatic rings. The summed E-state index contributed by atoms with van der Waals surface area (Å²) in [4.78, 5) is 12.1. The molecular weight excluding hydrogens is 342 g/mol. The quantitative estimate of drug-likeness (QED) is 0.332. The highest BCUT2D eigenvalue weighted by molar-refractivity contribution is 5.90. The molecule has 0 bridgehead atoms. The molecule has 0 N–H and O–H groups in total. The zero-order chi connectivity index (χ0) is 20.0. The van der Waals surface area contributed by atoms with Gasteiger partial charge in [-0.05, 0) is 74.4 Å². The maximum atomic E-state index is 12.1. The van der Waals surface area contributed by atoms with Gasteiger partial charge in [-0.15, -0.1) is 0 Å². The fourth-order valence-electron chi connectivity index (χ4n) is 2.23. The first-order chi connectivity index (χ1) is 12.8. The van der Waals surface area contributed by atoms with Gasteiger partial charge in [-0.1, -0.05) is 6.07 Å². The van der Waals surface area contributed by atoms with Gasteiger partial charge in [0.05, 0.1) is 31.3 Å². The van der Waals surface area contributed by atoms with E-state index < -0.39 is 5.41 Å². The van der Waals surface area contributed by atoms with E-state index in [1.54, 1.807) is 64.3 Å². The van der Waals surface area contributed by atoms with E-state index in [0.717, 1.165) is 16.9 Å². The van der Waals surface area contributed by atoms with E-state index >= 15 is 0 Å². The van der Waals surface area contributed by atoms with Crippen molar-refractivity contribution in [2.75, 3.05) is 14.2 Å². The smallest absolute Gasteiger partial charge is 0.316 e. The summed E-state index contributed by atoms with van der Waals surface area (Å²) in [6, 6.07) is 14.6. The molecule has 0 aliphatic carbocycles. The van der Waals surface area contributed by atoms with Gasteiger partial charge in [0.15, 0.2) is 11.5 Å². The van der Waals surface area contributed by atoms with Crippen molar-refractivity contribution >= 4 is 17.6 Å². The Kier molecular flexibility index (Phi) is 6.25. The standard InChI is InChI=1S/C22H23NO4/c1-22(2,3)21(24)27-19-11-6-15(13-20(19)26-5)12-17(14-23)16-7-9-18(25-4)10-8-16/h6-13H,1-5H3/b17-12-. The molecule has 0 fully saturated rings. The second-order valence-electron chi connectivity index (χ2n) is 6.95. The second-order valence-corrected chi connectivity index (χ2v) is 6.95. The van der Waals surface area contributed by atoms with E-state index in [9.17, 15) is 10.1 Å². The van der Waals surface area contributed by atoms with Crippen molar-refractivity contribution in [3.05, 3.63) is 53.6 Å². The van der Waals surface area contributed by atoms with E-state index in [1.807, 2.05) is 12.1 Å². The highest BCUT2D eigenvalue weighted by atomic mass is 16.6. The van der Waals surface area contributed by atoms with Crippen molar-refractivity contribution in [3.8, 4) is 23.3 Å². The first-order valence-corrected chi connectivity index (χ1v) is 8.45. The summed E-state index contributed by atoms with van der Waals surface area (Å²) in [5.74, 6) is 1.15. The summed E-state index contributed by atoms with van der Waals surface area (Å²) >= 11 is 0. The number of rotatable bonds is 5. The van der Waals surface area contributed by atoms with Gasteiger partial charge in [0.1, 0.15) is 5.75 Å². The van der Waals surface area contributed by atoms with Crippen LogP contribution in [-0.2, 0) is 4.79 Å². The lowest BCUT2D eigenvalue weighted by Gasteiger charge is -2.17. The minimum atomic E-state index is -0.619. The summed E-state index contributed by atoms with van der Waals surface area (Å²) in [6.07, 6.45) is 1.75. The number of esters is 1. The van der Waals surface area contributed by atoms with Gasteiger partial charge in [-0.3, -0.25) is 4.79 Å². The van der Waals surface area contributed by atoms with Crippen LogP contribution in [0.2, 0.25) is 0 Å². The van der Waals surface area contributed by atoms with E-state index in [0.29, 0.717) is 17.1 Å². The first kappa shape index (κ1) is 20.1. The molecule has 5 heteroatoms. The van der Waals surface area contributed by atoms with E-state index in [2.05, 4.69) is 6.07 Å². The number of carbonyl (C=O) groups is 1. The monoisotopic (exact) mass is 365 g/mol. The fourth-order valence-corrected chi connectivity index (χ4v) is 2.23. The lowest BCUT2D eigenvalue weighted by atomic mass is 9.97. The zero-order valence-corrected chi connectivity index (χ0v) is 16.2. The number of nitrogens with zero attached hydrogens (tertiary/aromatic N) is 1. The highest BCUT2D eigenvalue weighted by Gasteiger charge is 2.24. The molecule has 2 aromatic carbocycles. The minimum absolute atomic E-state index is 0.345. The lowest BCUT2D eigenvalue weighted by molar-refractivity contribution is -0.143. The van der Waals surface area contributed by atoms with Gasteiger partial charge in [-0.2, -0.15) is 5.26 Å². The number of hydrogen-bond donors (Lipinski definition) is 0. The van der Waals surface area contributed by atoms with Crippen molar-refractivity contribution in [2.24, 2.45) is 5.41 Å². The number of ether oxygens (including phenoxy) is 3. The van der Waals surface area contributed by atoms with Crippen LogP contribution < -0.4 is 14.2 Å². The fraction of sp³-hybridized carbons (Fsp3) is 0.273. The van der Waals surface area contributed by atoms with Crippen LogP contribution in [0.5, 0.6) is 17.2 Å². The molecule has 0 heterocycles. The second kappa shape index (κ2) is 8.41. The SMILES string of the molecule is COc1ccc(/C(C#N)=C\c2ccc(OC(=O)C(C)(C)C)c(OC)c2)cc1. The molecule has 0 radical (unpaired) electrons. The number of hydrogen-bond acceptors (Lipinski definition) is 5. The Hall–Kier alpha value is -3.26. The Morgan fingerprint density at radius 2 is 1.67 bits per heavy atom. The number of carbonyl (C=O) groups excluding carboxylic acids is 1. The third kappa shape index (κ3) is 5.11. The molecule has 5 nitrogen and oxygen atoms in total. The average Bonchev–Trinajstić information content (AvgIpc) is 2.66. The number of methoxy groups -OCH3 is 2. The zero-order valence-electron chi connectivity index (χ0n) is 16.2. The third-order valence-corrected chi connectivity index (χ3v) is 3.84. The van der Waals surface area contributed by atoms with Crippen LogP contribution >= 0.6 is 0 Å². The maximum Gasteiger partial charge on any atom is 0.316 e. The number of nitriles is 1. The summed E-state index contributed by atoms with van der Waals surface area (Å²) in [5, 5.41) is 9.51. The van der Waals surface area contributed by atoms with Crippen molar-refractivity contribution in [1.29, 1.82) is 5.26 Å². The van der Waals surface area contributed by atoms with E-state index in [1.165, 1.54) is 7.11 Å². The van der Waals surface area contributed by atoms with Crippen molar-refractivity contribution < 1.29 is 19.0 Å². The summed E-state index contributed by atoms with van der Waals surface area (Å²) in [7, 11) is 3.10. The molecule has 0 unspecified atom stereocenters. The Labute approximate surface area is 159 Å². The predicted octanol–water partition coefficient (Wildman–Crippen LogP) is 4.72. The molecule has 0 aliphatic rings. The van der Waals surface area contributed by atoms with Gasteiger partial charge in [0.25, 0.3) is 0 Å². The maximum absolute atomic E-state index is 12.1. The third-order valence-electron chi connectivity index (χ3n) is 3.84. The molecule has 0 spiro atoms. The van der Waals surface area contributed by atoms with Gasteiger partial charge < -0.3 is 14.2 Å². The van der Waals surface area contributed by atoms with Crippen LogP contribution in [0.1, 0.15) is 31.9 Å². The van der Waals surface area contributed by atoms with Crippen LogP contribution in [0.4, 0.5) is 0 Å². The Morgan fingerprint density at radius 3 is 2.19 bits per heavy atom. The Morgan fingerprint density at radius 1 is 1.00 bits per heavy atom. The Balaban J connectivity index is 2.33. The van der Waals surface area contributed by atoms with Gasteiger partial charge in [0, 0.05) is 0 Å². The molecule has 0 aliphatic heterocycles. The Bertz CT molecular complexity index is 884. The first-order valence-electron chi connectivity index (χ1n) is 8.45. The van der Waals surface area contributed by atoms with E-state index in [4.69, 9.17) is 14.2 Å². The molecule has 0 atom stereocenters. The van der Waals surface area contributed by atoms with Crippen LogP contribution in [0.15, 0.2) is 42.5 Å². The topological polar surface area (TPSA) is 68.5 Å². The number of benzene rings is 2. The minimum Gasteiger partial charge on any atom is -0.497 e. The summed E-state index contributed by atoms with van der Waals surface area (Å²) in [5.41, 5.74) is 1.42. The summed E-state index contributed by atoms with van der Waals surface area (Å²) in [6.45, 7) is 5.35. The van der Waals surface area contributed by atoms with Crippen molar-refractivity contribution in [3.63, 3.8) is 0 Å². The normalized spacial score (nSPS) is 11.5. The molecule has 0 amide bonds. The lowest BCUT2D eigenvalue weighted by Crippen LogP contribution is -2.25. The molecule has 2 rings (SSSR count). The highest BCUT2D eigenvalue weighted by Crippen LogP contribution is 2.31.